The second-order valence-corrected chi connectivity index (χ2v) is 7.05. The van der Waals surface area contributed by atoms with Crippen LogP contribution < -0.4 is 5.32 Å². The van der Waals surface area contributed by atoms with Crippen molar-refractivity contribution >= 4 is 0 Å². The first-order valence-electron chi connectivity index (χ1n) is 7.56. The number of hydrogen-bond donors (Lipinski definition) is 1. The third-order valence-corrected chi connectivity index (χ3v) is 3.74. The van der Waals surface area contributed by atoms with Crippen molar-refractivity contribution in [2.75, 3.05) is 26.3 Å². The van der Waals surface area contributed by atoms with E-state index in [9.17, 15) is 0 Å². The molecule has 0 bridgehead atoms. The third kappa shape index (κ3) is 8.10. The molecule has 0 radical (unpaired) electrons. The Balaban J connectivity index is 4.01. The molecule has 0 aromatic heterocycles. The lowest BCUT2D eigenvalue weighted by molar-refractivity contribution is 0.0648. The monoisotopic (exact) mass is 257 g/mol. The zero-order valence-corrected chi connectivity index (χ0v) is 13.7. The maximum absolute atomic E-state index is 5.74. The highest BCUT2D eigenvalue weighted by molar-refractivity contribution is 4.80. The first-order chi connectivity index (χ1) is 8.28. The Kier molecular flexibility index (Phi) is 8.89. The largest absolute Gasteiger partial charge is 0.381 e. The maximum atomic E-state index is 5.74. The number of nitrogens with one attached hydrogen (secondary N) is 1. The van der Waals surface area contributed by atoms with Gasteiger partial charge in [0.15, 0.2) is 0 Å². The summed E-state index contributed by atoms with van der Waals surface area (Å²) in [5.41, 5.74) is 0.339. The van der Waals surface area contributed by atoms with Crippen molar-refractivity contribution in [2.45, 2.75) is 54.9 Å². The minimum Gasteiger partial charge on any atom is -0.381 e. The van der Waals surface area contributed by atoms with Gasteiger partial charge >= 0.3 is 0 Å². The van der Waals surface area contributed by atoms with Crippen molar-refractivity contribution in [3.63, 3.8) is 0 Å². The van der Waals surface area contributed by atoms with Crippen LogP contribution in [0.4, 0.5) is 0 Å². The number of ether oxygens (including phenoxy) is 1. The van der Waals surface area contributed by atoms with E-state index in [4.69, 9.17) is 4.74 Å². The van der Waals surface area contributed by atoms with E-state index in [1.807, 2.05) is 0 Å². The summed E-state index contributed by atoms with van der Waals surface area (Å²) in [6.45, 7) is 19.9. The zero-order valence-electron chi connectivity index (χ0n) is 13.7. The van der Waals surface area contributed by atoms with Crippen molar-refractivity contribution in [1.82, 2.24) is 5.32 Å². The maximum Gasteiger partial charge on any atom is 0.0488 e. The highest BCUT2D eigenvalue weighted by atomic mass is 16.5. The molecule has 18 heavy (non-hydrogen) atoms. The molecule has 0 rings (SSSR count). The van der Waals surface area contributed by atoms with Gasteiger partial charge in [0, 0.05) is 19.8 Å². The summed E-state index contributed by atoms with van der Waals surface area (Å²) in [4.78, 5) is 0. The van der Waals surface area contributed by atoms with Crippen LogP contribution in [0.2, 0.25) is 0 Å². The van der Waals surface area contributed by atoms with E-state index < -0.39 is 0 Å². The first-order valence-corrected chi connectivity index (χ1v) is 7.56. The standard InChI is InChI=1S/C16H35NO/c1-13(2)10-17-12-16(7,15(5)6)8-9-18-11-14(3)4/h13-15,17H,8-12H2,1-7H3. The highest BCUT2D eigenvalue weighted by Gasteiger charge is 2.27. The lowest BCUT2D eigenvalue weighted by Crippen LogP contribution is -2.38. The summed E-state index contributed by atoms with van der Waals surface area (Å²) in [7, 11) is 0. The van der Waals surface area contributed by atoms with Gasteiger partial charge in [0.05, 0.1) is 0 Å². The van der Waals surface area contributed by atoms with E-state index in [0.717, 1.165) is 38.6 Å². The summed E-state index contributed by atoms with van der Waals surface area (Å²) >= 11 is 0. The van der Waals surface area contributed by atoms with Gasteiger partial charge in [-0.25, -0.2) is 0 Å². The Bertz CT molecular complexity index is 201. The van der Waals surface area contributed by atoms with E-state index in [-0.39, 0.29) is 0 Å². The summed E-state index contributed by atoms with van der Waals surface area (Å²) in [5, 5.41) is 3.60. The fourth-order valence-electron chi connectivity index (χ4n) is 1.85. The van der Waals surface area contributed by atoms with Crippen molar-refractivity contribution in [3.8, 4) is 0 Å². The van der Waals surface area contributed by atoms with E-state index in [0.29, 0.717) is 17.3 Å². The van der Waals surface area contributed by atoms with Crippen LogP contribution in [0.5, 0.6) is 0 Å². The van der Waals surface area contributed by atoms with E-state index >= 15 is 0 Å². The second kappa shape index (κ2) is 8.92. The van der Waals surface area contributed by atoms with Gasteiger partial charge in [-0.15, -0.1) is 0 Å². The van der Waals surface area contributed by atoms with Gasteiger partial charge in [0.1, 0.15) is 0 Å². The van der Waals surface area contributed by atoms with Gasteiger partial charge in [-0.2, -0.15) is 0 Å². The molecule has 0 amide bonds. The zero-order chi connectivity index (χ0) is 14.2. The summed E-state index contributed by atoms with van der Waals surface area (Å²) in [6.07, 6.45) is 1.14. The van der Waals surface area contributed by atoms with Gasteiger partial charge in [0.25, 0.3) is 0 Å². The van der Waals surface area contributed by atoms with Gasteiger partial charge in [-0.05, 0) is 36.1 Å². The summed E-state index contributed by atoms with van der Waals surface area (Å²) in [5.74, 6) is 2.03. The fraction of sp³-hybridized carbons (Fsp3) is 1.00. The normalized spacial score (nSPS) is 15.7. The third-order valence-electron chi connectivity index (χ3n) is 3.74. The fourth-order valence-corrected chi connectivity index (χ4v) is 1.85. The molecule has 1 unspecified atom stereocenters. The summed E-state index contributed by atoms with van der Waals surface area (Å²) < 4.78 is 5.74. The van der Waals surface area contributed by atoms with Gasteiger partial charge in [-0.1, -0.05) is 48.5 Å². The molecule has 0 aromatic carbocycles. The van der Waals surface area contributed by atoms with E-state index in [1.54, 1.807) is 0 Å². The molecule has 0 aromatic rings. The van der Waals surface area contributed by atoms with Crippen LogP contribution in [0.1, 0.15) is 54.9 Å². The topological polar surface area (TPSA) is 21.3 Å². The molecule has 0 aliphatic heterocycles. The Morgan fingerprint density at radius 1 is 1.00 bits per heavy atom. The van der Waals surface area contributed by atoms with Crippen LogP contribution in [0, 0.1) is 23.2 Å². The molecule has 0 heterocycles. The van der Waals surface area contributed by atoms with Crippen molar-refractivity contribution in [1.29, 1.82) is 0 Å². The predicted octanol–water partition coefficient (Wildman–Crippen LogP) is 3.96. The Morgan fingerprint density at radius 3 is 2.06 bits per heavy atom. The lowest BCUT2D eigenvalue weighted by atomic mass is 9.76. The molecule has 0 aliphatic carbocycles. The van der Waals surface area contributed by atoms with Gasteiger partial charge in [0.2, 0.25) is 0 Å². The molecule has 2 nitrogen and oxygen atoms in total. The molecule has 0 spiro atoms. The molecule has 0 saturated heterocycles. The van der Waals surface area contributed by atoms with Crippen molar-refractivity contribution < 1.29 is 4.74 Å². The van der Waals surface area contributed by atoms with Crippen molar-refractivity contribution in [3.05, 3.63) is 0 Å². The number of hydrogen-bond acceptors (Lipinski definition) is 2. The predicted molar refractivity (Wildman–Crippen MR) is 80.9 cm³/mol. The molecular formula is C16H35NO. The molecule has 0 saturated carbocycles. The Labute approximate surface area is 115 Å². The van der Waals surface area contributed by atoms with Crippen LogP contribution in [-0.2, 0) is 4.74 Å². The molecule has 1 N–H and O–H groups in total. The van der Waals surface area contributed by atoms with Crippen LogP contribution in [0.15, 0.2) is 0 Å². The average Bonchev–Trinajstić information content (AvgIpc) is 2.23. The average molecular weight is 257 g/mol. The van der Waals surface area contributed by atoms with Crippen LogP contribution in [0.25, 0.3) is 0 Å². The van der Waals surface area contributed by atoms with Crippen LogP contribution in [-0.4, -0.2) is 26.3 Å². The molecule has 110 valence electrons. The summed E-state index contributed by atoms with van der Waals surface area (Å²) in [6, 6.07) is 0. The molecule has 2 heteroatoms. The number of rotatable bonds is 10. The molecule has 0 fully saturated rings. The molecular weight excluding hydrogens is 222 g/mol. The smallest absolute Gasteiger partial charge is 0.0488 e. The van der Waals surface area contributed by atoms with Crippen molar-refractivity contribution in [2.24, 2.45) is 23.2 Å². The quantitative estimate of drug-likeness (QED) is 0.598. The van der Waals surface area contributed by atoms with Gasteiger partial charge < -0.3 is 10.1 Å². The Morgan fingerprint density at radius 2 is 1.61 bits per heavy atom. The Hall–Kier alpha value is -0.0800. The van der Waals surface area contributed by atoms with Crippen LogP contribution >= 0.6 is 0 Å². The van der Waals surface area contributed by atoms with E-state index in [2.05, 4.69) is 53.8 Å². The second-order valence-electron chi connectivity index (χ2n) is 7.05. The SMILES string of the molecule is CC(C)CNCC(C)(CCOCC(C)C)C(C)C. The first kappa shape index (κ1) is 17.9. The van der Waals surface area contributed by atoms with Gasteiger partial charge in [-0.3, -0.25) is 0 Å². The molecule has 0 aliphatic rings. The highest BCUT2D eigenvalue weighted by Crippen LogP contribution is 2.30. The lowest BCUT2D eigenvalue weighted by Gasteiger charge is -2.34. The van der Waals surface area contributed by atoms with Crippen LogP contribution in [0.3, 0.4) is 0 Å². The minimum atomic E-state index is 0.339. The minimum absolute atomic E-state index is 0.339. The van der Waals surface area contributed by atoms with E-state index in [1.165, 1.54) is 0 Å². The molecule has 1 atom stereocenters.